The molecule has 1 saturated heterocycles. The Morgan fingerprint density at radius 2 is 1.70 bits per heavy atom. The largest absolute Gasteiger partial charge is 0.369 e. The third kappa shape index (κ3) is 4.89. The summed E-state index contributed by atoms with van der Waals surface area (Å²) in [5.41, 5.74) is 8.62. The van der Waals surface area contributed by atoms with Crippen LogP contribution >= 0.6 is 11.6 Å². The van der Waals surface area contributed by atoms with E-state index in [1.165, 1.54) is 5.56 Å². The van der Waals surface area contributed by atoms with Gasteiger partial charge in [-0.05, 0) is 29.9 Å². The van der Waals surface area contributed by atoms with Gasteiger partial charge in [0.2, 0.25) is 5.91 Å². The molecule has 1 aliphatic rings. The molecule has 2 heterocycles. The molecule has 2 N–H and O–H groups in total. The lowest BCUT2D eigenvalue weighted by Crippen LogP contribution is -2.34. The summed E-state index contributed by atoms with van der Waals surface area (Å²) in [5, 5.41) is 8.57. The molecule has 1 aliphatic heterocycles. The molecule has 1 fully saturated rings. The molecular weight excluding hydrogens is 398 g/mol. The van der Waals surface area contributed by atoms with Gasteiger partial charge in [-0.2, -0.15) is 5.10 Å². The van der Waals surface area contributed by atoms with E-state index in [9.17, 15) is 4.79 Å². The Morgan fingerprint density at radius 3 is 2.40 bits per heavy atom. The number of nitrogens with one attached hydrogen (secondary N) is 2. The molecular formula is C23H24ClN5O. The normalized spacial score (nSPS) is 14.4. The van der Waals surface area contributed by atoms with Crippen LogP contribution in [0.2, 0.25) is 5.02 Å². The van der Waals surface area contributed by atoms with Crippen molar-refractivity contribution < 1.29 is 4.79 Å². The van der Waals surface area contributed by atoms with Crippen molar-refractivity contribution in [2.24, 2.45) is 0 Å². The number of amides is 1. The van der Waals surface area contributed by atoms with Crippen molar-refractivity contribution in [2.75, 3.05) is 23.4 Å². The molecule has 1 aromatic heterocycles. The molecule has 0 atom stereocenters. The molecule has 0 unspecified atom stereocenters. The number of halogens is 1. The quantitative estimate of drug-likeness (QED) is 0.584. The summed E-state index contributed by atoms with van der Waals surface area (Å²) in [4.78, 5) is 14.4. The first-order chi connectivity index (χ1) is 14.7. The molecule has 0 spiro atoms. The molecule has 3 aromatic rings. The summed E-state index contributed by atoms with van der Waals surface area (Å²) in [6, 6.07) is 20.2. The van der Waals surface area contributed by atoms with E-state index >= 15 is 0 Å². The number of hydrogen-bond acceptors (Lipinski definition) is 5. The summed E-state index contributed by atoms with van der Waals surface area (Å²) in [6.07, 6.45) is 4.06. The number of anilines is 2. The van der Waals surface area contributed by atoms with Gasteiger partial charge < -0.3 is 4.90 Å². The van der Waals surface area contributed by atoms with Crippen molar-refractivity contribution >= 4 is 29.0 Å². The highest BCUT2D eigenvalue weighted by Gasteiger charge is 2.23. The minimum absolute atomic E-state index is 0.173. The van der Waals surface area contributed by atoms with E-state index in [1.54, 1.807) is 6.20 Å². The maximum absolute atomic E-state index is 12.2. The van der Waals surface area contributed by atoms with E-state index in [4.69, 9.17) is 11.6 Å². The van der Waals surface area contributed by atoms with Gasteiger partial charge in [0.1, 0.15) is 5.02 Å². The number of carbonyl (C=O) groups is 1. The molecule has 0 aliphatic carbocycles. The van der Waals surface area contributed by atoms with E-state index in [1.807, 2.05) is 36.4 Å². The predicted molar refractivity (Wildman–Crippen MR) is 120 cm³/mol. The number of piperidine rings is 1. The van der Waals surface area contributed by atoms with Gasteiger partial charge in [0.25, 0.3) is 0 Å². The summed E-state index contributed by atoms with van der Waals surface area (Å²) in [7, 11) is 0. The zero-order chi connectivity index (χ0) is 20.8. The van der Waals surface area contributed by atoms with Gasteiger partial charge in [0.05, 0.1) is 18.3 Å². The molecule has 2 aromatic carbocycles. The molecule has 0 bridgehead atoms. The lowest BCUT2D eigenvalue weighted by atomic mass is 9.89. The second-order valence-corrected chi connectivity index (χ2v) is 7.78. The molecule has 30 heavy (non-hydrogen) atoms. The Bertz CT molecular complexity index is 975. The molecule has 6 nitrogen and oxygen atoms in total. The van der Waals surface area contributed by atoms with Crippen LogP contribution < -0.4 is 15.8 Å². The Hall–Kier alpha value is -3.12. The Balaban J connectivity index is 1.35. The molecule has 0 radical (unpaired) electrons. The zero-order valence-corrected chi connectivity index (χ0v) is 17.3. The van der Waals surface area contributed by atoms with Crippen molar-refractivity contribution in [1.29, 1.82) is 0 Å². The van der Waals surface area contributed by atoms with E-state index in [-0.39, 0.29) is 12.3 Å². The summed E-state index contributed by atoms with van der Waals surface area (Å²) in [6.45, 7) is 1.79. The van der Waals surface area contributed by atoms with Crippen LogP contribution in [0.5, 0.6) is 0 Å². The fourth-order valence-corrected chi connectivity index (χ4v) is 4.05. The highest BCUT2D eigenvalue weighted by molar-refractivity contribution is 6.35. The summed E-state index contributed by atoms with van der Waals surface area (Å²) >= 11 is 6.58. The van der Waals surface area contributed by atoms with E-state index in [0.717, 1.165) is 37.2 Å². The topological polar surface area (TPSA) is 70.1 Å². The fraction of sp³-hybridized carbons (Fsp3) is 0.261. The highest BCUT2D eigenvalue weighted by atomic mass is 35.5. The number of hydrazine groups is 1. The Kier molecular flexibility index (Phi) is 6.44. The van der Waals surface area contributed by atoms with Gasteiger partial charge in [0.15, 0.2) is 5.82 Å². The van der Waals surface area contributed by atoms with Gasteiger partial charge in [0, 0.05) is 13.1 Å². The van der Waals surface area contributed by atoms with Crippen molar-refractivity contribution in [3.05, 3.63) is 83.0 Å². The summed E-state index contributed by atoms with van der Waals surface area (Å²) < 4.78 is 0. The summed E-state index contributed by atoms with van der Waals surface area (Å²) in [5.74, 6) is 0.736. The van der Waals surface area contributed by atoms with Crippen molar-refractivity contribution in [2.45, 2.75) is 25.2 Å². The predicted octanol–water partition coefficient (Wildman–Crippen LogP) is 4.20. The van der Waals surface area contributed by atoms with E-state index in [2.05, 4.69) is 50.2 Å². The molecule has 7 heteroatoms. The zero-order valence-electron chi connectivity index (χ0n) is 16.6. The van der Waals surface area contributed by atoms with Crippen molar-refractivity contribution in [3.8, 4) is 0 Å². The van der Waals surface area contributed by atoms with Crippen LogP contribution in [0, 0.1) is 0 Å². The fourth-order valence-electron chi connectivity index (χ4n) is 3.80. The van der Waals surface area contributed by atoms with Crippen LogP contribution in [0.4, 0.5) is 11.5 Å². The van der Waals surface area contributed by atoms with Gasteiger partial charge in [-0.25, -0.2) is 0 Å². The highest BCUT2D eigenvalue weighted by Crippen LogP contribution is 2.35. The van der Waals surface area contributed by atoms with Crippen LogP contribution in [-0.2, 0) is 11.2 Å². The van der Waals surface area contributed by atoms with Gasteiger partial charge in [-0.1, -0.05) is 72.3 Å². The first-order valence-corrected chi connectivity index (χ1v) is 10.5. The third-order valence-electron chi connectivity index (χ3n) is 5.40. The molecule has 154 valence electrons. The first kappa shape index (κ1) is 20.2. The maximum atomic E-state index is 12.2. The lowest BCUT2D eigenvalue weighted by Gasteiger charge is -2.34. The van der Waals surface area contributed by atoms with Crippen molar-refractivity contribution in [1.82, 2.24) is 15.6 Å². The minimum Gasteiger partial charge on any atom is -0.369 e. The second kappa shape index (κ2) is 9.59. The Labute approximate surface area is 181 Å². The van der Waals surface area contributed by atoms with Crippen LogP contribution in [0.15, 0.2) is 66.9 Å². The second-order valence-electron chi connectivity index (χ2n) is 7.40. The maximum Gasteiger partial charge on any atom is 0.242 e. The number of rotatable bonds is 6. The number of carbonyl (C=O) groups excluding carboxylic acids is 1. The Morgan fingerprint density at radius 1 is 1.03 bits per heavy atom. The van der Waals surface area contributed by atoms with E-state index in [0.29, 0.717) is 16.8 Å². The molecule has 0 saturated carbocycles. The average Bonchev–Trinajstić information content (AvgIpc) is 2.80. The first-order valence-electron chi connectivity index (χ1n) is 10.1. The van der Waals surface area contributed by atoms with Gasteiger partial charge in [-0.15, -0.1) is 5.10 Å². The molecule has 4 rings (SSSR count). The minimum atomic E-state index is -0.173. The number of benzene rings is 2. The number of aromatic nitrogens is 2. The smallest absolute Gasteiger partial charge is 0.242 e. The van der Waals surface area contributed by atoms with Gasteiger partial charge >= 0.3 is 0 Å². The lowest BCUT2D eigenvalue weighted by molar-refractivity contribution is -0.119. The van der Waals surface area contributed by atoms with Gasteiger partial charge in [-0.3, -0.25) is 15.6 Å². The van der Waals surface area contributed by atoms with E-state index < -0.39 is 0 Å². The number of nitrogens with zero attached hydrogens (tertiary/aromatic N) is 3. The average molecular weight is 422 g/mol. The van der Waals surface area contributed by atoms with Crippen LogP contribution in [-0.4, -0.2) is 29.2 Å². The monoisotopic (exact) mass is 421 g/mol. The van der Waals surface area contributed by atoms with Crippen molar-refractivity contribution in [3.63, 3.8) is 0 Å². The SMILES string of the molecule is O=C(Cc1ccccc1)NNc1nncc(N2CCC(c3ccccc3)CC2)c1Cl. The third-order valence-corrected chi connectivity index (χ3v) is 5.78. The van der Waals surface area contributed by atoms with Crippen LogP contribution in [0.25, 0.3) is 0 Å². The molecule has 1 amide bonds. The van der Waals surface area contributed by atoms with Crippen LogP contribution in [0.3, 0.4) is 0 Å². The standard InChI is InChI=1S/C23H24ClN5O/c24-22-20(29-13-11-19(12-14-29)18-9-5-2-6-10-18)16-25-27-23(22)28-26-21(30)15-17-7-3-1-4-8-17/h1-10,16,19H,11-15H2,(H,26,30)(H,27,28). The number of hydrogen-bond donors (Lipinski definition) is 2. The van der Waals surface area contributed by atoms with Crippen LogP contribution in [0.1, 0.15) is 29.9 Å².